The zero-order valence-corrected chi connectivity index (χ0v) is 13.5. The maximum Gasteiger partial charge on any atom is 0.317 e. The van der Waals surface area contributed by atoms with Crippen molar-refractivity contribution in [2.24, 2.45) is 0 Å². The maximum absolute atomic E-state index is 12.2. The summed E-state index contributed by atoms with van der Waals surface area (Å²) in [5, 5.41) is 7.21. The van der Waals surface area contributed by atoms with Gasteiger partial charge in [0.2, 0.25) is 0 Å². The molecule has 0 atom stereocenters. The zero-order chi connectivity index (χ0) is 16.1. The number of nitrogens with one attached hydrogen (secondary N) is 1. The molecule has 126 valence electrons. The zero-order valence-electron chi connectivity index (χ0n) is 13.5. The van der Waals surface area contributed by atoms with Crippen LogP contribution in [-0.4, -0.2) is 64.4 Å². The van der Waals surface area contributed by atoms with Crippen LogP contribution >= 0.6 is 0 Å². The first kappa shape index (κ1) is 16.0. The van der Waals surface area contributed by atoms with Crippen molar-refractivity contribution in [1.82, 2.24) is 24.9 Å². The molecular formula is C16H25N5O2. The largest absolute Gasteiger partial charge is 0.335 e. The molecule has 0 bridgehead atoms. The van der Waals surface area contributed by atoms with E-state index in [1.807, 2.05) is 4.90 Å². The molecule has 1 aliphatic carbocycles. The highest BCUT2D eigenvalue weighted by Gasteiger charge is 2.24. The van der Waals surface area contributed by atoms with Crippen molar-refractivity contribution in [3.63, 3.8) is 0 Å². The summed E-state index contributed by atoms with van der Waals surface area (Å²) in [6, 6.07) is 3.63. The van der Waals surface area contributed by atoms with Gasteiger partial charge in [0.15, 0.2) is 0 Å². The van der Waals surface area contributed by atoms with E-state index in [4.69, 9.17) is 0 Å². The number of amides is 2. The molecule has 7 heteroatoms. The third-order valence-corrected chi connectivity index (χ3v) is 4.76. The third kappa shape index (κ3) is 4.31. The number of piperazine rings is 1. The molecule has 1 aromatic heterocycles. The first-order valence-electron chi connectivity index (χ1n) is 8.52. The minimum absolute atomic E-state index is 0.0675. The molecule has 0 radical (unpaired) electrons. The van der Waals surface area contributed by atoms with E-state index in [0.717, 1.165) is 45.6 Å². The van der Waals surface area contributed by atoms with Crippen LogP contribution in [0.3, 0.4) is 0 Å². The quantitative estimate of drug-likeness (QED) is 0.878. The van der Waals surface area contributed by atoms with Crippen LogP contribution < -0.4 is 10.9 Å². The van der Waals surface area contributed by atoms with E-state index in [0.29, 0.717) is 12.6 Å². The molecule has 2 aliphatic rings. The number of carbonyl (C=O) groups excluding carboxylic acids is 1. The van der Waals surface area contributed by atoms with E-state index in [1.54, 1.807) is 12.3 Å². The van der Waals surface area contributed by atoms with Crippen LogP contribution in [0.2, 0.25) is 0 Å². The molecule has 1 N–H and O–H groups in total. The molecule has 2 fully saturated rings. The van der Waals surface area contributed by atoms with Crippen LogP contribution in [0, 0.1) is 0 Å². The number of urea groups is 1. The normalized spacial score (nSPS) is 19.9. The van der Waals surface area contributed by atoms with Gasteiger partial charge in [-0.15, -0.1) is 0 Å². The van der Waals surface area contributed by atoms with Crippen molar-refractivity contribution in [3.05, 3.63) is 28.7 Å². The lowest BCUT2D eigenvalue weighted by molar-refractivity contribution is 0.133. The molecule has 7 nitrogen and oxygen atoms in total. The van der Waals surface area contributed by atoms with Gasteiger partial charge in [-0.25, -0.2) is 9.48 Å². The van der Waals surface area contributed by atoms with Gasteiger partial charge in [-0.1, -0.05) is 12.8 Å². The van der Waals surface area contributed by atoms with Crippen LogP contribution in [0.4, 0.5) is 4.79 Å². The highest BCUT2D eigenvalue weighted by molar-refractivity contribution is 5.74. The molecule has 2 amide bonds. The second-order valence-corrected chi connectivity index (χ2v) is 6.34. The second-order valence-electron chi connectivity index (χ2n) is 6.34. The standard InChI is InChI=1S/C16H25N5O2/c22-15-6-3-7-17-21(15)13-10-19-8-11-20(12-9-19)16(23)18-14-4-1-2-5-14/h3,6-7,14H,1-2,4-5,8-13H2,(H,18,23). The fourth-order valence-corrected chi connectivity index (χ4v) is 3.30. The Morgan fingerprint density at radius 1 is 1.17 bits per heavy atom. The van der Waals surface area contributed by atoms with Crippen LogP contribution in [0.5, 0.6) is 0 Å². The average Bonchev–Trinajstić information content (AvgIpc) is 3.07. The summed E-state index contributed by atoms with van der Waals surface area (Å²) < 4.78 is 1.49. The number of aromatic nitrogens is 2. The lowest BCUT2D eigenvalue weighted by Crippen LogP contribution is -2.53. The van der Waals surface area contributed by atoms with Crippen molar-refractivity contribution in [1.29, 1.82) is 0 Å². The summed E-state index contributed by atoms with van der Waals surface area (Å²) in [4.78, 5) is 28.0. The van der Waals surface area contributed by atoms with Crippen molar-refractivity contribution in [2.75, 3.05) is 32.7 Å². The summed E-state index contributed by atoms with van der Waals surface area (Å²) in [6.45, 7) is 4.56. The van der Waals surface area contributed by atoms with E-state index >= 15 is 0 Å². The average molecular weight is 319 g/mol. The molecular weight excluding hydrogens is 294 g/mol. The minimum Gasteiger partial charge on any atom is -0.335 e. The Morgan fingerprint density at radius 2 is 1.91 bits per heavy atom. The van der Waals surface area contributed by atoms with Gasteiger partial charge in [0.25, 0.3) is 5.56 Å². The number of carbonyl (C=O) groups is 1. The molecule has 1 saturated heterocycles. The van der Waals surface area contributed by atoms with Gasteiger partial charge in [0.1, 0.15) is 0 Å². The monoisotopic (exact) mass is 319 g/mol. The SMILES string of the molecule is O=C(NC1CCCC1)N1CCN(CCn2ncccc2=O)CC1. The van der Waals surface area contributed by atoms with Gasteiger partial charge in [-0.05, 0) is 18.9 Å². The Hall–Kier alpha value is -1.89. The molecule has 1 aliphatic heterocycles. The van der Waals surface area contributed by atoms with Crippen LogP contribution in [-0.2, 0) is 6.54 Å². The van der Waals surface area contributed by atoms with Gasteiger partial charge in [-0.2, -0.15) is 5.10 Å². The number of hydrogen-bond donors (Lipinski definition) is 1. The lowest BCUT2D eigenvalue weighted by Gasteiger charge is -2.35. The van der Waals surface area contributed by atoms with Crippen LogP contribution in [0.1, 0.15) is 25.7 Å². The Morgan fingerprint density at radius 3 is 2.61 bits per heavy atom. The fraction of sp³-hybridized carbons (Fsp3) is 0.688. The van der Waals surface area contributed by atoms with Crippen molar-refractivity contribution in [3.8, 4) is 0 Å². The Kier molecular flexibility index (Phi) is 5.27. The van der Waals surface area contributed by atoms with Crippen molar-refractivity contribution in [2.45, 2.75) is 38.3 Å². The fourth-order valence-electron chi connectivity index (χ4n) is 3.30. The Labute approximate surface area is 136 Å². The third-order valence-electron chi connectivity index (χ3n) is 4.76. The van der Waals surface area contributed by atoms with Gasteiger partial charge in [-0.3, -0.25) is 9.69 Å². The number of hydrogen-bond acceptors (Lipinski definition) is 4. The second kappa shape index (κ2) is 7.59. The molecule has 3 rings (SSSR count). The predicted octanol–water partition coefficient (Wildman–Crippen LogP) is 0.513. The summed E-state index contributed by atoms with van der Waals surface area (Å²) in [5.41, 5.74) is -0.0675. The smallest absolute Gasteiger partial charge is 0.317 e. The van der Waals surface area contributed by atoms with E-state index in [2.05, 4.69) is 15.3 Å². The summed E-state index contributed by atoms with van der Waals surface area (Å²) in [6.07, 6.45) is 6.32. The molecule has 0 aromatic carbocycles. The van der Waals surface area contributed by atoms with Crippen LogP contribution in [0.25, 0.3) is 0 Å². The molecule has 1 aromatic rings. The number of nitrogens with zero attached hydrogens (tertiary/aromatic N) is 4. The topological polar surface area (TPSA) is 70.5 Å². The molecule has 23 heavy (non-hydrogen) atoms. The first-order valence-corrected chi connectivity index (χ1v) is 8.52. The van der Waals surface area contributed by atoms with E-state index < -0.39 is 0 Å². The first-order chi connectivity index (χ1) is 11.2. The van der Waals surface area contributed by atoms with Crippen molar-refractivity contribution < 1.29 is 4.79 Å². The van der Waals surface area contributed by atoms with Crippen molar-refractivity contribution >= 4 is 6.03 Å². The molecule has 2 heterocycles. The van der Waals surface area contributed by atoms with Gasteiger partial charge < -0.3 is 10.2 Å². The predicted molar refractivity (Wildman–Crippen MR) is 87.3 cm³/mol. The van der Waals surface area contributed by atoms with E-state index in [-0.39, 0.29) is 11.6 Å². The van der Waals surface area contributed by atoms with Gasteiger partial charge in [0, 0.05) is 51.0 Å². The molecule has 0 unspecified atom stereocenters. The number of rotatable bonds is 4. The molecule has 1 saturated carbocycles. The molecule has 0 spiro atoms. The van der Waals surface area contributed by atoms with E-state index in [1.165, 1.54) is 23.6 Å². The summed E-state index contributed by atoms with van der Waals surface area (Å²) >= 11 is 0. The summed E-state index contributed by atoms with van der Waals surface area (Å²) in [7, 11) is 0. The maximum atomic E-state index is 12.2. The highest BCUT2D eigenvalue weighted by atomic mass is 16.2. The van der Waals surface area contributed by atoms with Gasteiger partial charge >= 0.3 is 6.03 Å². The lowest BCUT2D eigenvalue weighted by atomic mass is 10.2. The minimum atomic E-state index is -0.0675. The highest BCUT2D eigenvalue weighted by Crippen LogP contribution is 2.18. The van der Waals surface area contributed by atoms with E-state index in [9.17, 15) is 9.59 Å². The van der Waals surface area contributed by atoms with Crippen LogP contribution in [0.15, 0.2) is 23.1 Å². The van der Waals surface area contributed by atoms with Gasteiger partial charge in [0.05, 0.1) is 6.54 Å². The summed E-state index contributed by atoms with van der Waals surface area (Å²) in [5.74, 6) is 0. The Balaban J connectivity index is 1.40. The Bertz CT molecular complexity index is 574.